The lowest BCUT2D eigenvalue weighted by Gasteiger charge is -2.12. The van der Waals surface area contributed by atoms with Crippen LogP contribution in [0.5, 0.6) is 0 Å². The minimum absolute atomic E-state index is 0.0179. The molecule has 0 spiro atoms. The minimum atomic E-state index is -0.815. The van der Waals surface area contributed by atoms with Crippen LogP contribution < -0.4 is 5.32 Å². The van der Waals surface area contributed by atoms with Gasteiger partial charge in [-0.05, 0) is 37.3 Å². The molecule has 0 saturated carbocycles. The Morgan fingerprint density at radius 3 is 2.56 bits per heavy atom. The second-order valence-electron chi connectivity index (χ2n) is 3.73. The predicted octanol–water partition coefficient (Wildman–Crippen LogP) is 2.01. The molecule has 0 fully saturated rings. The fourth-order valence-corrected chi connectivity index (χ4v) is 1.86. The number of aliphatic carboxylic acids is 1. The van der Waals surface area contributed by atoms with Crippen molar-refractivity contribution in [3.05, 3.63) is 29.8 Å². The summed E-state index contributed by atoms with van der Waals surface area (Å²) in [6.07, 6.45) is 2.90. The van der Waals surface area contributed by atoms with Gasteiger partial charge in [0.2, 0.25) is 0 Å². The predicted molar refractivity (Wildman–Crippen MR) is 67.0 cm³/mol. The fraction of sp³-hybridized carbons (Fsp3) is 0.417. The monoisotopic (exact) mass is 239 g/mol. The smallest absolute Gasteiger partial charge is 0.317 e. The number of benzene rings is 1. The molecule has 0 saturated heterocycles. The number of thioether (sulfide) groups is 1. The second kappa shape index (κ2) is 6.55. The third kappa shape index (κ3) is 4.68. The van der Waals surface area contributed by atoms with Crippen LogP contribution in [0.15, 0.2) is 29.2 Å². The number of nitrogens with one attached hydrogen (secondary N) is 1. The lowest BCUT2D eigenvalue weighted by atomic mass is 10.1. The maximum atomic E-state index is 10.4. The van der Waals surface area contributed by atoms with E-state index in [0.29, 0.717) is 0 Å². The summed E-state index contributed by atoms with van der Waals surface area (Å²) in [5.74, 6) is -0.815. The Labute approximate surface area is 100 Å². The first-order chi connectivity index (χ1) is 7.61. The van der Waals surface area contributed by atoms with Gasteiger partial charge >= 0.3 is 5.97 Å². The van der Waals surface area contributed by atoms with E-state index < -0.39 is 5.97 Å². The average Bonchev–Trinajstić information content (AvgIpc) is 2.27. The third-order valence-electron chi connectivity index (χ3n) is 2.30. The maximum absolute atomic E-state index is 10.4. The van der Waals surface area contributed by atoms with Crippen molar-refractivity contribution >= 4 is 17.7 Å². The van der Waals surface area contributed by atoms with Crippen LogP contribution in [0, 0.1) is 0 Å². The zero-order chi connectivity index (χ0) is 12.0. The Morgan fingerprint density at radius 1 is 1.44 bits per heavy atom. The molecule has 0 radical (unpaired) electrons. The van der Waals surface area contributed by atoms with Crippen molar-refractivity contribution in [2.45, 2.75) is 24.3 Å². The van der Waals surface area contributed by atoms with Crippen LogP contribution in [-0.4, -0.2) is 29.9 Å². The van der Waals surface area contributed by atoms with E-state index in [1.165, 1.54) is 10.5 Å². The normalized spacial score (nSPS) is 12.4. The van der Waals surface area contributed by atoms with Gasteiger partial charge in [-0.15, -0.1) is 11.8 Å². The van der Waals surface area contributed by atoms with Gasteiger partial charge in [-0.3, -0.25) is 4.79 Å². The van der Waals surface area contributed by atoms with Gasteiger partial charge in [-0.1, -0.05) is 12.1 Å². The lowest BCUT2D eigenvalue weighted by Crippen LogP contribution is -2.32. The highest BCUT2D eigenvalue weighted by molar-refractivity contribution is 7.98. The minimum Gasteiger partial charge on any atom is -0.480 e. The second-order valence-corrected chi connectivity index (χ2v) is 4.61. The number of carbonyl (C=O) groups is 1. The molecule has 1 atom stereocenters. The van der Waals surface area contributed by atoms with E-state index in [0.717, 1.165) is 6.42 Å². The number of carboxylic acids is 1. The van der Waals surface area contributed by atoms with E-state index in [4.69, 9.17) is 5.11 Å². The summed E-state index contributed by atoms with van der Waals surface area (Å²) in [4.78, 5) is 11.6. The Bertz CT molecular complexity index is 337. The van der Waals surface area contributed by atoms with Crippen molar-refractivity contribution in [2.24, 2.45) is 0 Å². The van der Waals surface area contributed by atoms with Crippen molar-refractivity contribution in [2.75, 3.05) is 12.8 Å². The largest absolute Gasteiger partial charge is 0.480 e. The first-order valence-electron chi connectivity index (χ1n) is 5.20. The van der Waals surface area contributed by atoms with Gasteiger partial charge < -0.3 is 10.4 Å². The van der Waals surface area contributed by atoms with E-state index in [-0.39, 0.29) is 12.6 Å². The highest BCUT2D eigenvalue weighted by atomic mass is 32.2. The molecule has 0 aliphatic heterocycles. The topological polar surface area (TPSA) is 49.3 Å². The van der Waals surface area contributed by atoms with Gasteiger partial charge in [0.25, 0.3) is 0 Å². The molecule has 1 unspecified atom stereocenters. The van der Waals surface area contributed by atoms with Crippen LogP contribution in [-0.2, 0) is 11.2 Å². The summed E-state index contributed by atoms with van der Waals surface area (Å²) >= 11 is 1.72. The van der Waals surface area contributed by atoms with Gasteiger partial charge in [0.15, 0.2) is 0 Å². The molecular weight excluding hydrogens is 222 g/mol. The molecule has 0 bridgehead atoms. The Balaban J connectivity index is 2.43. The van der Waals surface area contributed by atoms with Crippen LogP contribution in [0.4, 0.5) is 0 Å². The SMILES string of the molecule is CSc1ccc(CC(C)NCC(=O)O)cc1. The third-order valence-corrected chi connectivity index (χ3v) is 3.05. The number of hydrogen-bond acceptors (Lipinski definition) is 3. The van der Waals surface area contributed by atoms with Crippen molar-refractivity contribution in [3.8, 4) is 0 Å². The van der Waals surface area contributed by atoms with E-state index >= 15 is 0 Å². The molecule has 0 aromatic heterocycles. The summed E-state index contributed by atoms with van der Waals surface area (Å²) < 4.78 is 0. The maximum Gasteiger partial charge on any atom is 0.317 e. The van der Waals surface area contributed by atoms with Crippen molar-refractivity contribution < 1.29 is 9.90 Å². The molecule has 2 N–H and O–H groups in total. The average molecular weight is 239 g/mol. The summed E-state index contributed by atoms with van der Waals surface area (Å²) in [6, 6.07) is 8.53. The Kier molecular flexibility index (Phi) is 5.35. The standard InChI is InChI=1S/C12H17NO2S/c1-9(13-8-12(14)15)7-10-3-5-11(16-2)6-4-10/h3-6,9,13H,7-8H2,1-2H3,(H,14,15). The molecular formula is C12H17NO2S. The van der Waals surface area contributed by atoms with Crippen LogP contribution in [0.25, 0.3) is 0 Å². The number of rotatable bonds is 6. The highest BCUT2D eigenvalue weighted by Gasteiger charge is 2.05. The quantitative estimate of drug-likeness (QED) is 0.746. The summed E-state index contributed by atoms with van der Waals surface area (Å²) in [5, 5.41) is 11.5. The summed E-state index contributed by atoms with van der Waals surface area (Å²) in [7, 11) is 0. The molecule has 0 heterocycles. The van der Waals surface area contributed by atoms with E-state index in [1.54, 1.807) is 11.8 Å². The number of carboxylic acid groups (broad SMARTS) is 1. The van der Waals surface area contributed by atoms with E-state index in [1.807, 2.05) is 13.2 Å². The van der Waals surface area contributed by atoms with Crippen LogP contribution in [0.2, 0.25) is 0 Å². The Hall–Kier alpha value is -1.00. The molecule has 88 valence electrons. The zero-order valence-corrected chi connectivity index (χ0v) is 10.4. The summed E-state index contributed by atoms with van der Waals surface area (Å²) in [6.45, 7) is 2.01. The molecule has 1 rings (SSSR count). The Morgan fingerprint density at radius 2 is 2.06 bits per heavy atom. The van der Waals surface area contributed by atoms with Gasteiger partial charge in [0.05, 0.1) is 6.54 Å². The van der Waals surface area contributed by atoms with Crippen molar-refractivity contribution in [3.63, 3.8) is 0 Å². The molecule has 1 aromatic rings. The van der Waals surface area contributed by atoms with Gasteiger partial charge in [-0.2, -0.15) is 0 Å². The van der Waals surface area contributed by atoms with E-state index in [2.05, 4.69) is 29.6 Å². The molecule has 0 aliphatic carbocycles. The van der Waals surface area contributed by atoms with Crippen LogP contribution >= 0.6 is 11.8 Å². The summed E-state index contributed by atoms with van der Waals surface area (Å²) in [5.41, 5.74) is 1.23. The number of hydrogen-bond donors (Lipinski definition) is 2. The van der Waals surface area contributed by atoms with Crippen LogP contribution in [0.3, 0.4) is 0 Å². The fourth-order valence-electron chi connectivity index (χ4n) is 1.45. The van der Waals surface area contributed by atoms with Crippen molar-refractivity contribution in [1.29, 1.82) is 0 Å². The zero-order valence-electron chi connectivity index (χ0n) is 9.56. The lowest BCUT2D eigenvalue weighted by molar-refractivity contribution is -0.136. The van der Waals surface area contributed by atoms with Crippen LogP contribution in [0.1, 0.15) is 12.5 Å². The van der Waals surface area contributed by atoms with E-state index in [9.17, 15) is 4.79 Å². The molecule has 0 aliphatic rings. The van der Waals surface area contributed by atoms with Crippen molar-refractivity contribution in [1.82, 2.24) is 5.32 Å². The first kappa shape index (κ1) is 13.1. The van der Waals surface area contributed by atoms with Gasteiger partial charge in [0, 0.05) is 10.9 Å². The molecule has 16 heavy (non-hydrogen) atoms. The first-order valence-corrected chi connectivity index (χ1v) is 6.42. The molecule has 0 amide bonds. The molecule has 4 heteroatoms. The molecule has 3 nitrogen and oxygen atoms in total. The highest BCUT2D eigenvalue weighted by Crippen LogP contribution is 2.15. The van der Waals surface area contributed by atoms with Gasteiger partial charge in [-0.25, -0.2) is 0 Å². The van der Waals surface area contributed by atoms with Gasteiger partial charge in [0.1, 0.15) is 0 Å². The molecule has 1 aromatic carbocycles.